The molecule has 1 aliphatic rings. The molecule has 0 aliphatic carbocycles. The first-order valence-corrected chi connectivity index (χ1v) is 10.1. The van der Waals surface area contributed by atoms with Crippen molar-refractivity contribution in [2.24, 2.45) is 0 Å². The molecule has 0 bridgehead atoms. The predicted molar refractivity (Wildman–Crippen MR) is 123 cm³/mol. The van der Waals surface area contributed by atoms with Gasteiger partial charge in [-0.2, -0.15) is 0 Å². The second-order valence-electron chi connectivity index (χ2n) is 6.95. The Morgan fingerprint density at radius 1 is 0.724 bits per heavy atom. The summed E-state index contributed by atoms with van der Waals surface area (Å²) in [5.74, 6) is -0.206. The lowest BCUT2D eigenvalue weighted by Crippen LogP contribution is -2.50. The summed E-state index contributed by atoms with van der Waals surface area (Å²) in [5.41, 5.74) is 4.10. The van der Waals surface area contributed by atoms with E-state index in [1.165, 1.54) is 12.1 Å². The lowest BCUT2D eigenvalue weighted by atomic mass is 10.2. The molecule has 1 fully saturated rings. The fraction of sp³-hybridized carbons (Fsp3) is 0.174. The molecule has 3 aromatic carbocycles. The van der Waals surface area contributed by atoms with Crippen LogP contribution in [0.3, 0.4) is 0 Å². The fourth-order valence-corrected chi connectivity index (χ4v) is 3.65. The molecule has 148 valence electrons. The van der Waals surface area contributed by atoms with Crippen molar-refractivity contribution >= 4 is 40.1 Å². The van der Waals surface area contributed by atoms with Crippen molar-refractivity contribution in [2.45, 2.75) is 0 Å². The molecule has 2 N–H and O–H groups in total. The highest BCUT2D eigenvalue weighted by Gasteiger charge is 2.19. The molecule has 0 radical (unpaired) electrons. The Balaban J connectivity index is 1.29. The van der Waals surface area contributed by atoms with Gasteiger partial charge in [0.15, 0.2) is 5.11 Å². The maximum absolute atomic E-state index is 13.1. The first kappa shape index (κ1) is 19.2. The third kappa shape index (κ3) is 5.03. The molecule has 0 spiro atoms. The van der Waals surface area contributed by atoms with Crippen LogP contribution in [0.4, 0.5) is 27.1 Å². The zero-order valence-corrected chi connectivity index (χ0v) is 16.8. The van der Waals surface area contributed by atoms with Gasteiger partial charge < -0.3 is 20.4 Å². The van der Waals surface area contributed by atoms with Crippen molar-refractivity contribution in [3.05, 3.63) is 84.7 Å². The minimum atomic E-state index is -0.206. The second-order valence-corrected chi connectivity index (χ2v) is 7.34. The Morgan fingerprint density at radius 3 is 1.97 bits per heavy atom. The van der Waals surface area contributed by atoms with Crippen LogP contribution in [0.5, 0.6) is 0 Å². The number of piperazine rings is 1. The number of nitrogens with one attached hydrogen (secondary N) is 2. The van der Waals surface area contributed by atoms with Gasteiger partial charge in [0.25, 0.3) is 0 Å². The quantitative estimate of drug-likeness (QED) is 0.590. The van der Waals surface area contributed by atoms with Gasteiger partial charge in [0.1, 0.15) is 5.82 Å². The lowest BCUT2D eigenvalue weighted by molar-refractivity contribution is 0.391. The van der Waals surface area contributed by atoms with Crippen LogP contribution in [0.2, 0.25) is 0 Å². The highest BCUT2D eigenvalue weighted by molar-refractivity contribution is 7.80. The molecule has 1 heterocycles. The summed E-state index contributed by atoms with van der Waals surface area (Å²) in [6.45, 7) is 3.37. The van der Waals surface area contributed by atoms with Gasteiger partial charge in [-0.05, 0) is 72.9 Å². The molecule has 0 amide bonds. The van der Waals surface area contributed by atoms with Crippen LogP contribution in [0.1, 0.15) is 0 Å². The first-order chi connectivity index (χ1) is 14.2. The number of halogens is 1. The third-order valence-corrected chi connectivity index (χ3v) is 5.32. The number of benzene rings is 3. The number of nitrogens with zero attached hydrogens (tertiary/aromatic N) is 2. The van der Waals surface area contributed by atoms with Gasteiger partial charge >= 0.3 is 0 Å². The molecule has 0 atom stereocenters. The van der Waals surface area contributed by atoms with Crippen molar-refractivity contribution in [1.82, 2.24) is 4.90 Å². The normalized spacial score (nSPS) is 13.8. The highest BCUT2D eigenvalue weighted by Crippen LogP contribution is 2.20. The number of anilines is 4. The largest absolute Gasteiger partial charge is 0.368 e. The average molecular weight is 407 g/mol. The Labute approximate surface area is 176 Å². The van der Waals surface area contributed by atoms with Crippen LogP contribution in [0, 0.1) is 5.82 Å². The van der Waals surface area contributed by atoms with Gasteiger partial charge in [-0.1, -0.05) is 18.2 Å². The smallest absolute Gasteiger partial charge is 0.173 e. The third-order valence-electron chi connectivity index (χ3n) is 4.96. The van der Waals surface area contributed by atoms with Crippen molar-refractivity contribution < 1.29 is 4.39 Å². The maximum Gasteiger partial charge on any atom is 0.173 e. The summed E-state index contributed by atoms with van der Waals surface area (Å²) in [7, 11) is 0. The molecule has 0 aromatic heterocycles. The van der Waals surface area contributed by atoms with Crippen LogP contribution >= 0.6 is 12.2 Å². The van der Waals surface area contributed by atoms with E-state index in [1.807, 2.05) is 66.7 Å². The molecular weight excluding hydrogens is 383 g/mol. The lowest BCUT2D eigenvalue weighted by Gasteiger charge is -2.37. The summed E-state index contributed by atoms with van der Waals surface area (Å²) >= 11 is 5.60. The predicted octanol–water partition coefficient (Wildman–Crippen LogP) is 5.09. The highest BCUT2D eigenvalue weighted by atomic mass is 32.1. The Hall–Kier alpha value is -3.12. The topological polar surface area (TPSA) is 30.5 Å². The van der Waals surface area contributed by atoms with Crippen molar-refractivity contribution in [3.63, 3.8) is 0 Å². The number of para-hydroxylation sites is 1. The van der Waals surface area contributed by atoms with E-state index in [0.717, 1.165) is 54.0 Å². The van der Waals surface area contributed by atoms with E-state index in [0.29, 0.717) is 0 Å². The van der Waals surface area contributed by atoms with Gasteiger partial charge in [0.05, 0.1) is 0 Å². The van der Waals surface area contributed by atoms with Crippen LogP contribution in [0.15, 0.2) is 78.9 Å². The number of hydrogen-bond donors (Lipinski definition) is 2. The SMILES string of the molecule is Fc1ccc(N2CCN(C(=S)Nc3ccc(Nc4ccccc4)cc3)CC2)cc1. The summed E-state index contributed by atoms with van der Waals surface area (Å²) in [4.78, 5) is 4.42. The van der Waals surface area contributed by atoms with E-state index in [2.05, 4.69) is 20.4 Å². The van der Waals surface area contributed by atoms with Crippen LogP contribution in [-0.2, 0) is 0 Å². The standard InChI is InChI=1S/C23H23FN4S/c24-18-6-12-22(13-7-18)27-14-16-28(17-15-27)23(29)26-21-10-8-20(9-11-21)25-19-4-2-1-3-5-19/h1-13,25H,14-17H2,(H,26,29). The first-order valence-electron chi connectivity index (χ1n) is 9.66. The Kier molecular flexibility index (Phi) is 5.91. The summed E-state index contributed by atoms with van der Waals surface area (Å²) < 4.78 is 13.1. The van der Waals surface area contributed by atoms with Crippen LogP contribution in [0.25, 0.3) is 0 Å². The Bertz CT molecular complexity index is 937. The molecule has 0 saturated carbocycles. The monoisotopic (exact) mass is 406 g/mol. The molecule has 4 rings (SSSR count). The van der Waals surface area contributed by atoms with Crippen molar-refractivity contribution in [1.29, 1.82) is 0 Å². The maximum atomic E-state index is 13.1. The van der Waals surface area contributed by atoms with E-state index in [-0.39, 0.29) is 5.82 Å². The van der Waals surface area contributed by atoms with E-state index < -0.39 is 0 Å². The summed E-state index contributed by atoms with van der Waals surface area (Å²) in [5, 5.41) is 7.43. The molecule has 3 aromatic rings. The van der Waals surface area contributed by atoms with Gasteiger partial charge in [0.2, 0.25) is 0 Å². The summed E-state index contributed by atoms with van der Waals surface area (Å²) in [6, 6.07) is 24.8. The van der Waals surface area contributed by atoms with Gasteiger partial charge in [-0.3, -0.25) is 0 Å². The molecule has 1 aliphatic heterocycles. The Morgan fingerprint density at radius 2 is 1.31 bits per heavy atom. The molecule has 29 heavy (non-hydrogen) atoms. The van der Waals surface area contributed by atoms with Crippen molar-refractivity contribution in [3.8, 4) is 0 Å². The zero-order valence-electron chi connectivity index (χ0n) is 16.0. The number of thiocarbonyl (C=S) groups is 1. The fourth-order valence-electron chi connectivity index (χ4n) is 3.35. The van der Waals surface area contributed by atoms with Gasteiger partial charge in [-0.15, -0.1) is 0 Å². The van der Waals surface area contributed by atoms with Crippen molar-refractivity contribution in [2.75, 3.05) is 41.7 Å². The van der Waals surface area contributed by atoms with E-state index in [1.54, 1.807) is 0 Å². The van der Waals surface area contributed by atoms with Gasteiger partial charge in [0, 0.05) is 48.9 Å². The minimum absolute atomic E-state index is 0.206. The van der Waals surface area contributed by atoms with E-state index in [9.17, 15) is 4.39 Å². The molecule has 4 nitrogen and oxygen atoms in total. The summed E-state index contributed by atoms with van der Waals surface area (Å²) in [6.07, 6.45) is 0. The van der Waals surface area contributed by atoms with E-state index >= 15 is 0 Å². The van der Waals surface area contributed by atoms with Crippen LogP contribution in [-0.4, -0.2) is 36.2 Å². The number of rotatable bonds is 4. The minimum Gasteiger partial charge on any atom is -0.368 e. The molecule has 1 saturated heterocycles. The zero-order chi connectivity index (χ0) is 20.1. The number of hydrogen-bond acceptors (Lipinski definition) is 3. The second kappa shape index (κ2) is 8.92. The molecular formula is C23H23FN4S. The van der Waals surface area contributed by atoms with Gasteiger partial charge in [-0.25, -0.2) is 4.39 Å². The average Bonchev–Trinajstić information content (AvgIpc) is 2.76. The van der Waals surface area contributed by atoms with E-state index in [4.69, 9.17) is 12.2 Å². The molecule has 6 heteroatoms. The van der Waals surface area contributed by atoms with Crippen LogP contribution < -0.4 is 15.5 Å². The molecule has 0 unspecified atom stereocenters.